The van der Waals surface area contributed by atoms with Crippen LogP contribution in [-0.2, 0) is 11.3 Å². The first kappa shape index (κ1) is 13.8. The van der Waals surface area contributed by atoms with Gasteiger partial charge in [-0.2, -0.15) is 0 Å². The van der Waals surface area contributed by atoms with E-state index in [1.54, 1.807) is 18.4 Å². The van der Waals surface area contributed by atoms with Crippen molar-refractivity contribution in [2.75, 3.05) is 25.1 Å². The summed E-state index contributed by atoms with van der Waals surface area (Å²) in [6.07, 6.45) is 2.51. The first-order chi connectivity index (χ1) is 8.61. The van der Waals surface area contributed by atoms with E-state index in [-0.39, 0.29) is 6.04 Å². The third kappa shape index (κ3) is 3.02. The molecule has 4 nitrogen and oxygen atoms in total. The standard InChI is InChI=1S/C13H23N3OS/c1-9-4-6-16(7-5-9)13-15-11(8-17-3)12(18-13)10(2)14/h9-10H,4-8,14H2,1-3H3. The summed E-state index contributed by atoms with van der Waals surface area (Å²) in [5.74, 6) is 0.840. The van der Waals surface area contributed by atoms with Gasteiger partial charge in [0.15, 0.2) is 5.13 Å². The summed E-state index contributed by atoms with van der Waals surface area (Å²) in [7, 11) is 1.70. The molecule has 0 aliphatic carbocycles. The first-order valence-corrected chi connectivity index (χ1v) is 7.42. The second-order valence-corrected chi connectivity index (χ2v) is 6.21. The molecule has 1 unspecified atom stereocenters. The maximum atomic E-state index is 6.01. The fraction of sp³-hybridized carbons (Fsp3) is 0.769. The number of nitrogens with two attached hydrogens (primary N) is 1. The Bertz CT molecular complexity index is 384. The smallest absolute Gasteiger partial charge is 0.185 e. The van der Waals surface area contributed by atoms with E-state index >= 15 is 0 Å². The molecule has 1 aliphatic heterocycles. The summed E-state index contributed by atoms with van der Waals surface area (Å²) >= 11 is 1.73. The number of thiazole rings is 1. The van der Waals surface area contributed by atoms with E-state index in [2.05, 4.69) is 11.8 Å². The van der Waals surface area contributed by atoms with Crippen molar-refractivity contribution in [2.24, 2.45) is 11.7 Å². The third-order valence-corrected chi connectivity index (χ3v) is 4.82. The number of aromatic nitrogens is 1. The van der Waals surface area contributed by atoms with Crippen molar-refractivity contribution in [1.29, 1.82) is 0 Å². The van der Waals surface area contributed by atoms with Crippen molar-refractivity contribution in [1.82, 2.24) is 4.98 Å². The molecule has 1 saturated heterocycles. The molecule has 0 saturated carbocycles. The van der Waals surface area contributed by atoms with Crippen molar-refractivity contribution in [3.8, 4) is 0 Å². The molecule has 1 fully saturated rings. The molecule has 5 heteroatoms. The van der Waals surface area contributed by atoms with Gasteiger partial charge in [-0.15, -0.1) is 0 Å². The van der Waals surface area contributed by atoms with E-state index in [1.807, 2.05) is 6.92 Å². The molecule has 0 bridgehead atoms. The highest BCUT2D eigenvalue weighted by atomic mass is 32.1. The lowest BCUT2D eigenvalue weighted by molar-refractivity contribution is 0.181. The van der Waals surface area contributed by atoms with Crippen LogP contribution in [0.2, 0.25) is 0 Å². The number of hydrogen-bond donors (Lipinski definition) is 1. The zero-order valence-corrected chi connectivity index (χ0v) is 12.3. The normalized spacial score (nSPS) is 19.2. The number of rotatable bonds is 4. The predicted octanol–water partition coefficient (Wildman–Crippen LogP) is 2.55. The van der Waals surface area contributed by atoms with Crippen molar-refractivity contribution >= 4 is 16.5 Å². The molecule has 102 valence electrons. The van der Waals surface area contributed by atoms with E-state index in [0.29, 0.717) is 6.61 Å². The van der Waals surface area contributed by atoms with Crippen LogP contribution in [0.15, 0.2) is 0 Å². The quantitative estimate of drug-likeness (QED) is 0.912. The van der Waals surface area contributed by atoms with Crippen LogP contribution in [0.25, 0.3) is 0 Å². The molecule has 0 radical (unpaired) electrons. The monoisotopic (exact) mass is 269 g/mol. The number of ether oxygens (including phenoxy) is 1. The maximum absolute atomic E-state index is 6.01. The van der Waals surface area contributed by atoms with Gasteiger partial charge in [-0.3, -0.25) is 0 Å². The Labute approximate surface area is 113 Å². The molecule has 1 aromatic rings. The van der Waals surface area contributed by atoms with Crippen LogP contribution >= 0.6 is 11.3 Å². The largest absolute Gasteiger partial charge is 0.378 e. The van der Waals surface area contributed by atoms with Crippen LogP contribution in [0.4, 0.5) is 5.13 Å². The minimum Gasteiger partial charge on any atom is -0.378 e. The molecule has 1 atom stereocenters. The van der Waals surface area contributed by atoms with Crippen LogP contribution in [-0.4, -0.2) is 25.2 Å². The van der Waals surface area contributed by atoms with Crippen LogP contribution < -0.4 is 10.6 Å². The SMILES string of the molecule is COCc1nc(N2CCC(C)CC2)sc1C(C)N. The summed E-state index contributed by atoms with van der Waals surface area (Å²) in [6.45, 7) is 7.11. The lowest BCUT2D eigenvalue weighted by Gasteiger charge is -2.29. The summed E-state index contributed by atoms with van der Waals surface area (Å²) in [5, 5.41) is 1.11. The molecule has 2 N–H and O–H groups in total. The van der Waals surface area contributed by atoms with Gasteiger partial charge in [-0.1, -0.05) is 18.3 Å². The molecule has 0 amide bonds. The Morgan fingerprint density at radius 3 is 2.72 bits per heavy atom. The highest BCUT2D eigenvalue weighted by Crippen LogP contribution is 2.32. The second kappa shape index (κ2) is 5.99. The molecule has 0 aromatic carbocycles. The summed E-state index contributed by atoms with van der Waals surface area (Å²) < 4.78 is 5.21. The van der Waals surface area contributed by atoms with Crippen molar-refractivity contribution in [3.05, 3.63) is 10.6 Å². The van der Waals surface area contributed by atoms with E-state index < -0.39 is 0 Å². The van der Waals surface area contributed by atoms with Gasteiger partial charge in [-0.05, 0) is 25.7 Å². The maximum Gasteiger partial charge on any atom is 0.185 e. The summed E-state index contributed by atoms with van der Waals surface area (Å²) in [6, 6.07) is 0.0325. The Hall–Kier alpha value is -0.650. The average molecular weight is 269 g/mol. The van der Waals surface area contributed by atoms with Crippen LogP contribution in [0.5, 0.6) is 0 Å². The lowest BCUT2D eigenvalue weighted by atomic mass is 10.00. The zero-order valence-electron chi connectivity index (χ0n) is 11.5. The van der Waals surface area contributed by atoms with Gasteiger partial charge in [0, 0.05) is 31.1 Å². The van der Waals surface area contributed by atoms with Crippen molar-refractivity contribution in [2.45, 2.75) is 39.3 Å². The van der Waals surface area contributed by atoms with E-state index in [1.165, 1.54) is 12.8 Å². The van der Waals surface area contributed by atoms with Gasteiger partial charge in [0.2, 0.25) is 0 Å². The van der Waals surface area contributed by atoms with E-state index in [4.69, 9.17) is 15.5 Å². The molecule has 18 heavy (non-hydrogen) atoms. The first-order valence-electron chi connectivity index (χ1n) is 6.61. The topological polar surface area (TPSA) is 51.4 Å². The van der Waals surface area contributed by atoms with Gasteiger partial charge in [0.25, 0.3) is 0 Å². The number of hydrogen-bond acceptors (Lipinski definition) is 5. The molecular weight excluding hydrogens is 246 g/mol. The number of nitrogens with zero attached hydrogens (tertiary/aromatic N) is 2. The molecule has 2 rings (SSSR count). The molecule has 1 aromatic heterocycles. The van der Waals surface area contributed by atoms with Crippen LogP contribution in [0.1, 0.15) is 43.3 Å². The molecule has 2 heterocycles. The van der Waals surface area contributed by atoms with Crippen molar-refractivity contribution < 1.29 is 4.74 Å². The van der Waals surface area contributed by atoms with Gasteiger partial charge in [-0.25, -0.2) is 4.98 Å². The van der Waals surface area contributed by atoms with E-state index in [0.717, 1.165) is 34.7 Å². The lowest BCUT2D eigenvalue weighted by Crippen LogP contribution is -2.32. The summed E-state index contributed by atoms with van der Waals surface area (Å²) in [5.41, 5.74) is 7.01. The fourth-order valence-corrected chi connectivity index (χ4v) is 3.35. The Balaban J connectivity index is 2.15. The number of piperidine rings is 1. The van der Waals surface area contributed by atoms with Gasteiger partial charge in [0.1, 0.15) is 0 Å². The van der Waals surface area contributed by atoms with Crippen molar-refractivity contribution in [3.63, 3.8) is 0 Å². The van der Waals surface area contributed by atoms with Crippen LogP contribution in [0, 0.1) is 5.92 Å². The average Bonchev–Trinajstić information content (AvgIpc) is 2.75. The highest BCUT2D eigenvalue weighted by molar-refractivity contribution is 7.15. The van der Waals surface area contributed by atoms with Gasteiger partial charge >= 0.3 is 0 Å². The molecular formula is C13H23N3OS. The minimum atomic E-state index is 0.0325. The molecule has 0 spiro atoms. The zero-order chi connectivity index (χ0) is 13.1. The number of anilines is 1. The van der Waals surface area contributed by atoms with Gasteiger partial charge in [0.05, 0.1) is 12.3 Å². The Morgan fingerprint density at radius 1 is 1.50 bits per heavy atom. The third-order valence-electron chi connectivity index (χ3n) is 3.47. The number of methoxy groups -OCH3 is 1. The Kier molecular flexibility index (Phi) is 4.59. The fourth-order valence-electron chi connectivity index (χ4n) is 2.28. The predicted molar refractivity (Wildman–Crippen MR) is 76.0 cm³/mol. The minimum absolute atomic E-state index is 0.0325. The summed E-state index contributed by atoms with van der Waals surface area (Å²) in [4.78, 5) is 8.25. The van der Waals surface area contributed by atoms with Gasteiger partial charge < -0.3 is 15.4 Å². The Morgan fingerprint density at radius 2 is 2.17 bits per heavy atom. The highest BCUT2D eigenvalue weighted by Gasteiger charge is 2.21. The molecule has 1 aliphatic rings. The van der Waals surface area contributed by atoms with Crippen LogP contribution in [0.3, 0.4) is 0 Å². The second-order valence-electron chi connectivity index (χ2n) is 5.20. The van der Waals surface area contributed by atoms with E-state index in [9.17, 15) is 0 Å².